The van der Waals surface area contributed by atoms with Gasteiger partial charge >= 0.3 is 5.97 Å². The van der Waals surface area contributed by atoms with Gasteiger partial charge in [-0.2, -0.15) is 0 Å². The number of hydrogen-bond donors (Lipinski definition) is 2. The Hall–Kier alpha value is -2.09. The third kappa shape index (κ3) is 5.84. The summed E-state index contributed by atoms with van der Waals surface area (Å²) in [5.74, 6) is -1.14. The number of hydrogen-bond acceptors (Lipinski definition) is 6. The highest BCUT2D eigenvalue weighted by atomic mass is 32.2. The van der Waals surface area contributed by atoms with Crippen molar-refractivity contribution >= 4 is 29.5 Å². The maximum absolute atomic E-state index is 12.3. The van der Waals surface area contributed by atoms with Crippen LogP contribution in [0.3, 0.4) is 0 Å². The second-order valence-electron chi connectivity index (χ2n) is 4.95. The first-order chi connectivity index (χ1) is 11.4. The standard InChI is InChI=1S/C16H23N3O4S/c1-5-17-13(20)10(3)23-16(22)12-8-7-9-19-15(12)24-11(4)14(21)18-6-2/h7-11H,5-6H2,1-4H3,(H,17,20)(H,18,21)/t10-,11-/m0/s1. The Kier molecular flexibility index (Phi) is 8.25. The smallest absolute Gasteiger partial charge is 0.341 e. The van der Waals surface area contributed by atoms with Crippen LogP contribution in [0.15, 0.2) is 23.4 Å². The summed E-state index contributed by atoms with van der Waals surface area (Å²) in [6.45, 7) is 7.84. The molecule has 132 valence electrons. The van der Waals surface area contributed by atoms with Crippen LogP contribution >= 0.6 is 11.8 Å². The van der Waals surface area contributed by atoms with Crippen LogP contribution in [-0.2, 0) is 14.3 Å². The number of carbonyl (C=O) groups is 3. The molecule has 8 heteroatoms. The SMILES string of the molecule is CCNC(=O)[C@H](C)OC(=O)c1cccnc1S[C@@H](C)C(=O)NCC. The van der Waals surface area contributed by atoms with Crippen LogP contribution in [0.25, 0.3) is 0 Å². The average Bonchev–Trinajstić information content (AvgIpc) is 2.55. The molecule has 24 heavy (non-hydrogen) atoms. The summed E-state index contributed by atoms with van der Waals surface area (Å²) >= 11 is 1.17. The predicted octanol–water partition coefficient (Wildman–Crippen LogP) is 1.38. The van der Waals surface area contributed by atoms with E-state index in [1.807, 2.05) is 6.92 Å². The van der Waals surface area contributed by atoms with Crippen molar-refractivity contribution in [1.29, 1.82) is 0 Å². The van der Waals surface area contributed by atoms with E-state index in [2.05, 4.69) is 15.6 Å². The van der Waals surface area contributed by atoms with Gasteiger partial charge in [0.15, 0.2) is 6.10 Å². The molecule has 2 amide bonds. The molecule has 0 aliphatic carbocycles. The summed E-state index contributed by atoms with van der Waals surface area (Å²) in [5, 5.41) is 5.29. The van der Waals surface area contributed by atoms with Crippen LogP contribution in [0, 0.1) is 0 Å². The van der Waals surface area contributed by atoms with Crippen LogP contribution in [-0.4, -0.2) is 47.2 Å². The van der Waals surface area contributed by atoms with Gasteiger partial charge in [-0.1, -0.05) is 11.8 Å². The Morgan fingerprint density at radius 2 is 1.79 bits per heavy atom. The molecule has 0 fully saturated rings. The van der Waals surface area contributed by atoms with Gasteiger partial charge in [-0.15, -0.1) is 0 Å². The molecule has 7 nitrogen and oxygen atoms in total. The molecular weight excluding hydrogens is 330 g/mol. The Morgan fingerprint density at radius 1 is 1.17 bits per heavy atom. The number of aromatic nitrogens is 1. The van der Waals surface area contributed by atoms with Crippen molar-refractivity contribution in [3.63, 3.8) is 0 Å². The van der Waals surface area contributed by atoms with Gasteiger partial charge in [-0.05, 0) is 39.8 Å². The zero-order chi connectivity index (χ0) is 18.1. The van der Waals surface area contributed by atoms with Gasteiger partial charge in [0.1, 0.15) is 5.03 Å². The monoisotopic (exact) mass is 353 g/mol. The van der Waals surface area contributed by atoms with E-state index in [4.69, 9.17) is 4.74 Å². The lowest BCUT2D eigenvalue weighted by atomic mass is 10.3. The van der Waals surface area contributed by atoms with E-state index in [1.54, 1.807) is 26.0 Å². The molecule has 0 aromatic carbocycles. The van der Waals surface area contributed by atoms with Gasteiger partial charge in [0.25, 0.3) is 5.91 Å². The van der Waals surface area contributed by atoms with E-state index < -0.39 is 17.3 Å². The van der Waals surface area contributed by atoms with Gasteiger partial charge in [0, 0.05) is 19.3 Å². The first-order valence-corrected chi connectivity index (χ1v) is 8.66. The largest absolute Gasteiger partial charge is 0.449 e. The number of nitrogens with zero attached hydrogens (tertiary/aromatic N) is 1. The summed E-state index contributed by atoms with van der Waals surface area (Å²) in [6, 6.07) is 3.17. The molecule has 2 N–H and O–H groups in total. The van der Waals surface area contributed by atoms with Crippen molar-refractivity contribution in [2.24, 2.45) is 0 Å². The lowest BCUT2D eigenvalue weighted by Gasteiger charge is -2.15. The minimum absolute atomic E-state index is 0.136. The van der Waals surface area contributed by atoms with Gasteiger partial charge in [-0.3, -0.25) is 9.59 Å². The second kappa shape index (κ2) is 9.92. The molecule has 1 aromatic heterocycles. The number of thioether (sulfide) groups is 1. The number of ether oxygens (including phenoxy) is 1. The lowest BCUT2D eigenvalue weighted by molar-refractivity contribution is -0.129. The van der Waals surface area contributed by atoms with Crippen molar-refractivity contribution in [1.82, 2.24) is 15.6 Å². The quantitative estimate of drug-likeness (QED) is 0.541. The van der Waals surface area contributed by atoms with Crippen molar-refractivity contribution in [2.45, 2.75) is 44.1 Å². The summed E-state index contributed by atoms with van der Waals surface area (Å²) in [4.78, 5) is 40.0. The van der Waals surface area contributed by atoms with Gasteiger partial charge in [0.05, 0.1) is 10.8 Å². The van der Waals surface area contributed by atoms with E-state index in [1.165, 1.54) is 24.9 Å². The lowest BCUT2D eigenvalue weighted by Crippen LogP contribution is -2.35. The molecule has 0 aliphatic heterocycles. The minimum atomic E-state index is -0.906. The fraction of sp³-hybridized carbons (Fsp3) is 0.500. The molecule has 0 bridgehead atoms. The first kappa shape index (κ1) is 20.0. The minimum Gasteiger partial charge on any atom is -0.449 e. The van der Waals surface area contributed by atoms with Crippen molar-refractivity contribution in [2.75, 3.05) is 13.1 Å². The number of likely N-dealkylation sites (N-methyl/N-ethyl adjacent to an activating group) is 1. The van der Waals surface area contributed by atoms with Crippen LogP contribution in [0.4, 0.5) is 0 Å². The second-order valence-corrected chi connectivity index (χ2v) is 6.28. The molecule has 2 atom stereocenters. The third-order valence-electron chi connectivity index (χ3n) is 3.00. The van der Waals surface area contributed by atoms with Crippen LogP contribution < -0.4 is 10.6 Å². The molecule has 0 aliphatic rings. The topological polar surface area (TPSA) is 97.4 Å². The van der Waals surface area contributed by atoms with E-state index in [0.29, 0.717) is 18.1 Å². The Labute approximate surface area is 145 Å². The summed E-state index contributed by atoms with van der Waals surface area (Å²) in [7, 11) is 0. The highest BCUT2D eigenvalue weighted by Gasteiger charge is 2.23. The van der Waals surface area contributed by atoms with Crippen molar-refractivity contribution in [3.05, 3.63) is 23.9 Å². The molecule has 1 aromatic rings. The number of amides is 2. The van der Waals surface area contributed by atoms with Crippen LogP contribution in [0.2, 0.25) is 0 Å². The first-order valence-electron chi connectivity index (χ1n) is 7.78. The predicted molar refractivity (Wildman–Crippen MR) is 91.8 cm³/mol. The molecule has 0 saturated heterocycles. The van der Waals surface area contributed by atoms with Crippen LogP contribution in [0.5, 0.6) is 0 Å². The normalized spacial score (nSPS) is 12.8. The van der Waals surface area contributed by atoms with E-state index >= 15 is 0 Å². The summed E-state index contributed by atoms with van der Waals surface area (Å²) in [5.41, 5.74) is 0.231. The number of nitrogens with one attached hydrogen (secondary N) is 2. The molecule has 0 saturated carbocycles. The molecule has 0 radical (unpaired) electrons. The van der Waals surface area contributed by atoms with E-state index in [0.717, 1.165) is 0 Å². The number of pyridine rings is 1. The van der Waals surface area contributed by atoms with Gasteiger partial charge in [0.2, 0.25) is 5.91 Å². The Balaban J connectivity index is 2.83. The molecule has 1 rings (SSSR count). The fourth-order valence-electron chi connectivity index (χ4n) is 1.77. The Bertz CT molecular complexity index is 594. The van der Waals surface area contributed by atoms with E-state index in [9.17, 15) is 14.4 Å². The highest BCUT2D eigenvalue weighted by Crippen LogP contribution is 2.25. The molecule has 0 spiro atoms. The zero-order valence-corrected chi connectivity index (χ0v) is 15.1. The molecule has 1 heterocycles. The molecule has 0 unspecified atom stereocenters. The maximum Gasteiger partial charge on any atom is 0.341 e. The van der Waals surface area contributed by atoms with Crippen molar-refractivity contribution < 1.29 is 19.1 Å². The van der Waals surface area contributed by atoms with Gasteiger partial charge in [-0.25, -0.2) is 9.78 Å². The average molecular weight is 353 g/mol. The number of esters is 1. The Morgan fingerprint density at radius 3 is 2.42 bits per heavy atom. The summed E-state index contributed by atoms with van der Waals surface area (Å²) in [6.07, 6.45) is 0.632. The van der Waals surface area contributed by atoms with Gasteiger partial charge < -0.3 is 15.4 Å². The van der Waals surface area contributed by atoms with Crippen molar-refractivity contribution in [3.8, 4) is 0 Å². The molecular formula is C16H23N3O4S. The van der Waals surface area contributed by atoms with E-state index in [-0.39, 0.29) is 17.4 Å². The van der Waals surface area contributed by atoms with Crippen LogP contribution in [0.1, 0.15) is 38.1 Å². The third-order valence-corrected chi connectivity index (χ3v) is 4.12. The number of carbonyl (C=O) groups excluding carboxylic acids is 3. The zero-order valence-electron chi connectivity index (χ0n) is 14.3. The summed E-state index contributed by atoms with van der Waals surface area (Å²) < 4.78 is 5.18. The number of rotatable bonds is 8. The highest BCUT2D eigenvalue weighted by molar-refractivity contribution is 8.00. The maximum atomic E-state index is 12.3. The fourth-order valence-corrected chi connectivity index (χ4v) is 2.70.